The normalized spacial score (nSPS) is 14.5. The zero-order chi connectivity index (χ0) is 75.3. The van der Waals surface area contributed by atoms with E-state index in [-0.39, 0.29) is 25.7 Å². The highest BCUT2D eigenvalue weighted by molar-refractivity contribution is 7.47. The summed E-state index contributed by atoms with van der Waals surface area (Å²) in [5, 5.41) is 10.6. The van der Waals surface area contributed by atoms with E-state index in [1.165, 1.54) is 225 Å². The third kappa shape index (κ3) is 73.6. The van der Waals surface area contributed by atoms with E-state index in [1.54, 1.807) is 0 Å². The van der Waals surface area contributed by atoms with Gasteiger partial charge in [0.05, 0.1) is 26.4 Å². The quantitative estimate of drug-likeness (QED) is 0.0222. The van der Waals surface area contributed by atoms with Gasteiger partial charge >= 0.3 is 39.5 Å². The van der Waals surface area contributed by atoms with Crippen molar-refractivity contribution in [3.63, 3.8) is 0 Å². The molecule has 606 valence electrons. The first-order chi connectivity index (χ1) is 49.2. The number of hydrogen-bond donors (Lipinski definition) is 3. The number of carbonyl (C=O) groups excluding carboxylic acids is 4. The summed E-state index contributed by atoms with van der Waals surface area (Å²) in [4.78, 5) is 73.0. The molecular formula is C83H162O17P2. The number of unbranched alkanes of at least 4 members (excludes halogenated alkanes) is 44. The van der Waals surface area contributed by atoms with Gasteiger partial charge in [-0.05, 0) is 49.4 Å². The lowest BCUT2D eigenvalue weighted by atomic mass is 9.99. The minimum absolute atomic E-state index is 0.104. The summed E-state index contributed by atoms with van der Waals surface area (Å²) in [5.74, 6) is 1.03. The van der Waals surface area contributed by atoms with Crippen LogP contribution in [0.2, 0.25) is 0 Å². The molecule has 102 heavy (non-hydrogen) atoms. The molecule has 0 spiro atoms. The van der Waals surface area contributed by atoms with Crippen molar-refractivity contribution in [2.45, 2.75) is 446 Å². The first-order valence-electron chi connectivity index (χ1n) is 42.8. The predicted molar refractivity (Wildman–Crippen MR) is 418 cm³/mol. The van der Waals surface area contributed by atoms with Crippen LogP contribution in [0.4, 0.5) is 0 Å². The van der Waals surface area contributed by atoms with E-state index in [9.17, 15) is 43.2 Å². The molecule has 4 unspecified atom stereocenters. The van der Waals surface area contributed by atoms with Crippen molar-refractivity contribution in [3.05, 3.63) is 0 Å². The van der Waals surface area contributed by atoms with E-state index in [4.69, 9.17) is 37.0 Å². The van der Waals surface area contributed by atoms with Crippen molar-refractivity contribution in [1.82, 2.24) is 0 Å². The van der Waals surface area contributed by atoms with Crippen molar-refractivity contribution in [1.29, 1.82) is 0 Å². The fourth-order valence-electron chi connectivity index (χ4n) is 12.7. The summed E-state index contributed by atoms with van der Waals surface area (Å²) < 4.78 is 68.7. The molecule has 0 aromatic rings. The number of phosphoric acid groups is 2. The van der Waals surface area contributed by atoms with Crippen molar-refractivity contribution < 1.29 is 80.2 Å². The second-order valence-electron chi connectivity index (χ2n) is 31.3. The lowest BCUT2D eigenvalue weighted by Crippen LogP contribution is -2.30. The zero-order valence-electron chi connectivity index (χ0n) is 67.2. The Morgan fingerprint density at radius 3 is 0.696 bits per heavy atom. The molecule has 0 aliphatic rings. The van der Waals surface area contributed by atoms with E-state index >= 15 is 0 Å². The largest absolute Gasteiger partial charge is 0.472 e. The molecule has 0 radical (unpaired) electrons. The molecule has 17 nitrogen and oxygen atoms in total. The van der Waals surface area contributed by atoms with Gasteiger partial charge in [0.2, 0.25) is 0 Å². The van der Waals surface area contributed by atoms with E-state index in [1.807, 2.05) is 0 Å². The van der Waals surface area contributed by atoms with E-state index in [2.05, 4.69) is 55.4 Å². The minimum Gasteiger partial charge on any atom is -0.462 e. The number of aliphatic hydroxyl groups is 1. The van der Waals surface area contributed by atoms with Gasteiger partial charge in [-0.2, -0.15) is 0 Å². The SMILES string of the molecule is CCC(C)CCCCCCCCCCCCCCCCCCCCC(=O)O[C@H](COC(=O)CCCCCCCCCCCCCCCCCC(C)C)COP(=O)(O)OC[C@@H](O)COP(=O)(O)OC[C@@H](COC(=O)CCCCCCCCC(C)CC)OC(=O)CCCCCCCCCCCC(C)C. The summed E-state index contributed by atoms with van der Waals surface area (Å²) >= 11 is 0. The molecule has 19 heteroatoms. The maximum absolute atomic E-state index is 13.1. The van der Waals surface area contributed by atoms with Crippen LogP contribution in [0.1, 0.15) is 428 Å². The topological polar surface area (TPSA) is 237 Å². The van der Waals surface area contributed by atoms with Crippen molar-refractivity contribution in [2.75, 3.05) is 39.6 Å². The Morgan fingerprint density at radius 2 is 0.471 bits per heavy atom. The van der Waals surface area contributed by atoms with E-state index in [0.29, 0.717) is 25.7 Å². The Balaban J connectivity index is 5.22. The smallest absolute Gasteiger partial charge is 0.462 e. The van der Waals surface area contributed by atoms with Gasteiger partial charge in [0, 0.05) is 25.7 Å². The summed E-state index contributed by atoms with van der Waals surface area (Å²) in [5.41, 5.74) is 0. The Bertz CT molecular complexity index is 1990. The lowest BCUT2D eigenvalue weighted by Gasteiger charge is -2.21. The van der Waals surface area contributed by atoms with Crippen LogP contribution >= 0.6 is 15.6 Å². The van der Waals surface area contributed by atoms with Crippen molar-refractivity contribution in [3.8, 4) is 0 Å². The standard InChI is InChI=1S/C83H162O17P2/c1-9-75(7)61-53-45-37-31-25-21-17-13-11-12-14-18-23-27-33-39-49-57-65-82(87)99-78(69-93-80(85)63-55-47-38-32-26-22-19-15-16-20-24-29-35-43-51-59-73(3)4)71-97-101(89,90)95-67-77(84)68-96-102(91,92)98-72-79(70-94-81(86)64-56-48-42-41-46-54-62-76(8)10-2)100-83(88)66-58-50-40-34-28-30-36-44-52-60-74(5)6/h73-79,84H,9-72H2,1-8H3,(H,89,90)(H,91,92)/t75?,76?,77-,78-,79-/m1/s1. The Hall–Kier alpha value is -1.94. The molecule has 0 saturated carbocycles. The number of ether oxygens (including phenoxy) is 4. The van der Waals surface area contributed by atoms with Crippen LogP contribution in [0, 0.1) is 23.7 Å². The van der Waals surface area contributed by atoms with Gasteiger partial charge in [0.15, 0.2) is 12.2 Å². The maximum Gasteiger partial charge on any atom is 0.472 e. The monoisotopic (exact) mass is 1490 g/mol. The van der Waals surface area contributed by atoms with E-state index in [0.717, 1.165) is 120 Å². The molecule has 0 bridgehead atoms. The summed E-state index contributed by atoms with van der Waals surface area (Å²) in [6, 6.07) is 0. The lowest BCUT2D eigenvalue weighted by molar-refractivity contribution is -0.161. The number of rotatable bonds is 80. The fourth-order valence-corrected chi connectivity index (χ4v) is 14.3. The van der Waals surface area contributed by atoms with Crippen molar-refractivity contribution >= 4 is 39.5 Å². The Kier molecular flexibility index (Phi) is 70.6. The van der Waals surface area contributed by atoms with Crippen molar-refractivity contribution in [2.24, 2.45) is 23.7 Å². The number of phosphoric ester groups is 2. The van der Waals surface area contributed by atoms with Crippen LogP contribution in [-0.4, -0.2) is 96.7 Å². The molecule has 0 saturated heterocycles. The third-order valence-corrected chi connectivity index (χ3v) is 21.9. The van der Waals surface area contributed by atoms with Gasteiger partial charge < -0.3 is 33.8 Å². The number of carbonyl (C=O) groups is 4. The summed E-state index contributed by atoms with van der Waals surface area (Å²) in [6.07, 6.45) is 59.8. The highest BCUT2D eigenvalue weighted by Crippen LogP contribution is 2.45. The van der Waals surface area contributed by atoms with Gasteiger partial charge in [-0.3, -0.25) is 37.3 Å². The molecule has 0 amide bonds. The second kappa shape index (κ2) is 72.0. The highest BCUT2D eigenvalue weighted by Gasteiger charge is 2.30. The zero-order valence-corrected chi connectivity index (χ0v) is 69.0. The number of aliphatic hydroxyl groups excluding tert-OH is 1. The van der Waals surface area contributed by atoms with Crippen LogP contribution < -0.4 is 0 Å². The Labute approximate surface area is 626 Å². The first-order valence-corrected chi connectivity index (χ1v) is 45.8. The molecule has 0 heterocycles. The first kappa shape index (κ1) is 100. The van der Waals surface area contributed by atoms with E-state index < -0.39 is 97.5 Å². The average molecular weight is 1490 g/mol. The van der Waals surface area contributed by atoms with Crippen LogP contribution in [0.15, 0.2) is 0 Å². The Morgan fingerprint density at radius 1 is 0.275 bits per heavy atom. The number of hydrogen-bond acceptors (Lipinski definition) is 15. The molecule has 0 aromatic carbocycles. The molecule has 0 aromatic heterocycles. The maximum atomic E-state index is 13.1. The molecular weight excluding hydrogens is 1330 g/mol. The highest BCUT2D eigenvalue weighted by atomic mass is 31.2. The molecule has 0 aliphatic heterocycles. The number of esters is 4. The predicted octanol–water partition coefficient (Wildman–Crippen LogP) is 24.8. The minimum atomic E-state index is -4.96. The van der Waals surface area contributed by atoms with Gasteiger partial charge in [-0.25, -0.2) is 9.13 Å². The molecule has 7 atom stereocenters. The van der Waals surface area contributed by atoms with Crippen LogP contribution in [0.25, 0.3) is 0 Å². The van der Waals surface area contributed by atoms with Gasteiger partial charge in [0.25, 0.3) is 0 Å². The average Bonchev–Trinajstić information content (AvgIpc) is 0.910. The third-order valence-electron chi connectivity index (χ3n) is 20.0. The molecule has 0 rings (SSSR count). The summed E-state index contributed by atoms with van der Waals surface area (Å²) in [7, 11) is -9.92. The van der Waals surface area contributed by atoms with Crippen LogP contribution in [0.3, 0.4) is 0 Å². The molecule has 3 N–H and O–H groups in total. The fraction of sp³-hybridized carbons (Fsp3) is 0.952. The summed E-state index contributed by atoms with van der Waals surface area (Å²) in [6.45, 7) is 14.3. The van der Waals surface area contributed by atoms with Gasteiger partial charge in [0.1, 0.15) is 19.3 Å². The van der Waals surface area contributed by atoms with Gasteiger partial charge in [-0.1, -0.05) is 376 Å². The second-order valence-corrected chi connectivity index (χ2v) is 34.2. The van der Waals surface area contributed by atoms with Crippen LogP contribution in [-0.2, 0) is 65.4 Å². The molecule has 0 aliphatic carbocycles. The van der Waals surface area contributed by atoms with Gasteiger partial charge in [-0.15, -0.1) is 0 Å². The van der Waals surface area contributed by atoms with Crippen LogP contribution in [0.5, 0.6) is 0 Å². The molecule has 0 fully saturated rings.